The number of nitrogens with zero attached hydrogens (tertiary/aromatic N) is 1. The summed E-state index contributed by atoms with van der Waals surface area (Å²) in [4.78, 5) is 14.6. The molecule has 0 unspecified atom stereocenters. The molecule has 1 amide bonds. The first-order chi connectivity index (χ1) is 10.3. The molecule has 0 saturated heterocycles. The molecule has 0 fully saturated rings. The third kappa shape index (κ3) is 2.89. The number of hydrogen-bond acceptors (Lipinski definition) is 1. The van der Waals surface area contributed by atoms with Gasteiger partial charge in [-0.05, 0) is 43.0 Å². The SMILES string of the molecule is C/C(=C/c1ccccc1)C(=O)N1CCCc2ccccc21. The van der Waals surface area contributed by atoms with Gasteiger partial charge in [-0.2, -0.15) is 0 Å². The summed E-state index contributed by atoms with van der Waals surface area (Å²) in [6, 6.07) is 18.2. The first-order valence-corrected chi connectivity index (χ1v) is 7.39. The van der Waals surface area contributed by atoms with Crippen LogP contribution < -0.4 is 4.90 Å². The highest BCUT2D eigenvalue weighted by atomic mass is 16.2. The Bertz CT molecular complexity index is 673. The highest BCUT2D eigenvalue weighted by molar-refractivity contribution is 6.08. The van der Waals surface area contributed by atoms with E-state index in [1.807, 2.05) is 66.4 Å². The fraction of sp³-hybridized carbons (Fsp3) is 0.211. The molecule has 0 saturated carbocycles. The van der Waals surface area contributed by atoms with Gasteiger partial charge in [0.25, 0.3) is 5.91 Å². The van der Waals surface area contributed by atoms with Crippen LogP contribution in [0.5, 0.6) is 0 Å². The molecule has 0 aliphatic carbocycles. The van der Waals surface area contributed by atoms with Crippen molar-refractivity contribution in [2.45, 2.75) is 19.8 Å². The fourth-order valence-electron chi connectivity index (χ4n) is 2.82. The van der Waals surface area contributed by atoms with Crippen molar-refractivity contribution in [1.29, 1.82) is 0 Å². The monoisotopic (exact) mass is 277 g/mol. The summed E-state index contributed by atoms with van der Waals surface area (Å²) in [6.45, 7) is 2.70. The molecule has 2 heteroatoms. The maximum Gasteiger partial charge on any atom is 0.253 e. The molecule has 0 aromatic heterocycles. The number of hydrogen-bond donors (Lipinski definition) is 0. The van der Waals surface area contributed by atoms with E-state index in [0.29, 0.717) is 0 Å². The molecule has 0 N–H and O–H groups in total. The summed E-state index contributed by atoms with van der Waals surface area (Å²) in [6.07, 6.45) is 4.04. The molecule has 0 spiro atoms. The quantitative estimate of drug-likeness (QED) is 0.758. The zero-order chi connectivity index (χ0) is 14.7. The Morgan fingerprint density at radius 3 is 2.57 bits per heavy atom. The topological polar surface area (TPSA) is 20.3 Å². The van der Waals surface area contributed by atoms with Gasteiger partial charge in [-0.25, -0.2) is 0 Å². The minimum atomic E-state index is 0.103. The van der Waals surface area contributed by atoms with E-state index >= 15 is 0 Å². The van der Waals surface area contributed by atoms with Gasteiger partial charge in [-0.1, -0.05) is 48.5 Å². The molecule has 3 rings (SSSR count). The van der Waals surface area contributed by atoms with Gasteiger partial charge in [0.15, 0.2) is 0 Å². The van der Waals surface area contributed by atoms with Crippen LogP contribution in [0.1, 0.15) is 24.5 Å². The highest BCUT2D eigenvalue weighted by Crippen LogP contribution is 2.28. The third-order valence-corrected chi connectivity index (χ3v) is 3.88. The van der Waals surface area contributed by atoms with Crippen molar-refractivity contribution in [2.75, 3.05) is 11.4 Å². The van der Waals surface area contributed by atoms with Gasteiger partial charge in [0, 0.05) is 17.8 Å². The lowest BCUT2D eigenvalue weighted by atomic mass is 10.0. The Labute approximate surface area is 125 Å². The van der Waals surface area contributed by atoms with E-state index in [2.05, 4.69) is 6.07 Å². The van der Waals surface area contributed by atoms with E-state index in [4.69, 9.17) is 0 Å². The van der Waals surface area contributed by atoms with Crippen LogP contribution in [0.25, 0.3) is 6.08 Å². The lowest BCUT2D eigenvalue weighted by molar-refractivity contribution is -0.115. The second kappa shape index (κ2) is 5.96. The van der Waals surface area contributed by atoms with Gasteiger partial charge < -0.3 is 4.90 Å². The summed E-state index contributed by atoms with van der Waals surface area (Å²) in [5, 5.41) is 0. The lowest BCUT2D eigenvalue weighted by Crippen LogP contribution is -2.35. The van der Waals surface area contributed by atoms with E-state index in [0.717, 1.165) is 36.2 Å². The molecule has 0 radical (unpaired) electrons. The minimum absolute atomic E-state index is 0.103. The number of rotatable bonds is 2. The van der Waals surface area contributed by atoms with Gasteiger partial charge in [0.1, 0.15) is 0 Å². The van der Waals surface area contributed by atoms with E-state index in [-0.39, 0.29) is 5.91 Å². The fourth-order valence-corrected chi connectivity index (χ4v) is 2.82. The molecular weight excluding hydrogens is 258 g/mol. The van der Waals surface area contributed by atoms with Gasteiger partial charge in [0.2, 0.25) is 0 Å². The number of para-hydroxylation sites is 1. The Morgan fingerprint density at radius 1 is 1.05 bits per heavy atom. The molecule has 1 aliphatic heterocycles. The first kappa shape index (κ1) is 13.6. The number of carbonyl (C=O) groups excluding carboxylic acids is 1. The maximum atomic E-state index is 12.7. The van der Waals surface area contributed by atoms with Crippen LogP contribution in [0.3, 0.4) is 0 Å². The summed E-state index contributed by atoms with van der Waals surface area (Å²) < 4.78 is 0. The Kier molecular flexibility index (Phi) is 3.87. The number of benzene rings is 2. The molecular formula is C19H19NO. The molecule has 0 bridgehead atoms. The van der Waals surface area contributed by atoms with Crippen LogP contribution in [0.15, 0.2) is 60.2 Å². The van der Waals surface area contributed by atoms with E-state index in [9.17, 15) is 4.79 Å². The predicted molar refractivity (Wildman–Crippen MR) is 87.2 cm³/mol. The summed E-state index contributed by atoms with van der Waals surface area (Å²) in [5.74, 6) is 0.103. The zero-order valence-corrected chi connectivity index (χ0v) is 12.3. The number of carbonyl (C=O) groups is 1. The van der Waals surface area contributed by atoms with Crippen LogP contribution in [-0.4, -0.2) is 12.5 Å². The number of amides is 1. The number of fused-ring (bicyclic) bond motifs is 1. The summed E-state index contributed by atoms with van der Waals surface area (Å²) in [5.41, 5.74) is 4.17. The average molecular weight is 277 g/mol. The lowest BCUT2D eigenvalue weighted by Gasteiger charge is -2.29. The molecule has 2 aromatic carbocycles. The molecule has 1 aliphatic rings. The Hall–Kier alpha value is -2.35. The largest absolute Gasteiger partial charge is 0.308 e. The normalized spacial score (nSPS) is 14.7. The van der Waals surface area contributed by atoms with Crippen molar-refractivity contribution >= 4 is 17.7 Å². The second-order valence-corrected chi connectivity index (χ2v) is 5.43. The number of aryl methyl sites for hydroxylation is 1. The third-order valence-electron chi connectivity index (χ3n) is 3.88. The van der Waals surface area contributed by atoms with Crippen LogP contribution in [0.4, 0.5) is 5.69 Å². The summed E-state index contributed by atoms with van der Waals surface area (Å²) in [7, 11) is 0. The van der Waals surface area contributed by atoms with Crippen molar-refractivity contribution in [2.24, 2.45) is 0 Å². The van der Waals surface area contributed by atoms with Crippen LogP contribution >= 0.6 is 0 Å². The number of anilines is 1. The van der Waals surface area contributed by atoms with Gasteiger partial charge in [-0.15, -0.1) is 0 Å². The predicted octanol–water partition coefficient (Wildman–Crippen LogP) is 4.07. The Morgan fingerprint density at radius 2 is 1.76 bits per heavy atom. The van der Waals surface area contributed by atoms with Gasteiger partial charge >= 0.3 is 0 Å². The summed E-state index contributed by atoms with van der Waals surface area (Å²) >= 11 is 0. The average Bonchev–Trinajstić information content (AvgIpc) is 2.54. The molecule has 2 aromatic rings. The van der Waals surface area contributed by atoms with Crippen molar-refractivity contribution in [3.63, 3.8) is 0 Å². The molecule has 21 heavy (non-hydrogen) atoms. The second-order valence-electron chi connectivity index (χ2n) is 5.43. The van der Waals surface area contributed by atoms with Gasteiger partial charge in [-0.3, -0.25) is 4.79 Å². The van der Waals surface area contributed by atoms with Crippen molar-refractivity contribution in [3.05, 3.63) is 71.3 Å². The van der Waals surface area contributed by atoms with Gasteiger partial charge in [0.05, 0.1) is 0 Å². The van der Waals surface area contributed by atoms with Crippen molar-refractivity contribution in [3.8, 4) is 0 Å². The van der Waals surface area contributed by atoms with Crippen LogP contribution in [0.2, 0.25) is 0 Å². The van der Waals surface area contributed by atoms with Crippen molar-refractivity contribution in [1.82, 2.24) is 0 Å². The van der Waals surface area contributed by atoms with E-state index < -0.39 is 0 Å². The Balaban J connectivity index is 1.88. The smallest absolute Gasteiger partial charge is 0.253 e. The van der Waals surface area contributed by atoms with Crippen LogP contribution in [-0.2, 0) is 11.2 Å². The standard InChI is InChI=1S/C19H19NO/c1-15(14-16-8-3-2-4-9-16)19(21)20-13-7-11-17-10-5-6-12-18(17)20/h2-6,8-10,12,14H,7,11,13H2,1H3/b15-14-. The van der Waals surface area contributed by atoms with E-state index in [1.54, 1.807) is 0 Å². The van der Waals surface area contributed by atoms with Crippen molar-refractivity contribution < 1.29 is 4.79 Å². The van der Waals surface area contributed by atoms with E-state index in [1.165, 1.54) is 5.56 Å². The highest BCUT2D eigenvalue weighted by Gasteiger charge is 2.22. The minimum Gasteiger partial charge on any atom is -0.308 e. The first-order valence-electron chi connectivity index (χ1n) is 7.39. The molecule has 106 valence electrons. The molecule has 1 heterocycles. The maximum absolute atomic E-state index is 12.7. The van der Waals surface area contributed by atoms with Crippen LogP contribution in [0, 0.1) is 0 Å². The molecule has 2 nitrogen and oxygen atoms in total. The molecule has 0 atom stereocenters. The zero-order valence-electron chi connectivity index (χ0n) is 12.3.